The van der Waals surface area contributed by atoms with Crippen molar-refractivity contribution in [2.75, 3.05) is 26.2 Å². The summed E-state index contributed by atoms with van der Waals surface area (Å²) in [6.45, 7) is 4.21. The molecule has 0 aliphatic carbocycles. The Kier molecular flexibility index (Phi) is 6.12. The predicted octanol–water partition coefficient (Wildman–Crippen LogP) is 5.48. The smallest absolute Gasteiger partial charge is 0.163 e. The van der Waals surface area contributed by atoms with E-state index in [1.165, 1.54) is 44.5 Å². The number of nitrogens with zero attached hydrogens (tertiary/aromatic N) is 4. The van der Waals surface area contributed by atoms with Gasteiger partial charge >= 0.3 is 0 Å². The van der Waals surface area contributed by atoms with Gasteiger partial charge in [0, 0.05) is 29.8 Å². The van der Waals surface area contributed by atoms with Gasteiger partial charge in [-0.1, -0.05) is 12.5 Å². The average molecular weight is 431 g/mol. The summed E-state index contributed by atoms with van der Waals surface area (Å²) in [5.74, 6) is 0.560. The van der Waals surface area contributed by atoms with Crippen LogP contribution in [0.25, 0.3) is 28.0 Å². The lowest BCUT2D eigenvalue weighted by molar-refractivity contribution is 0.205. The fraction of sp³-hybridized carbons (Fsp3) is 0.308. The standard InChI is InChI=1S/C26H27FN4O/c27-21-12-10-20(11-13-21)25-24-9-5-14-28-26(24)31(29-25)22-7-4-8-23(19-22)32-18-6-17-30-15-2-1-3-16-30/h4-5,7-14,19H,1-3,6,15-18H2. The molecule has 0 spiro atoms. The lowest BCUT2D eigenvalue weighted by Crippen LogP contribution is -2.31. The third-order valence-corrected chi connectivity index (χ3v) is 5.96. The third kappa shape index (κ3) is 4.50. The second-order valence-corrected chi connectivity index (χ2v) is 8.24. The Balaban J connectivity index is 1.35. The SMILES string of the molecule is Fc1ccc(-c2nn(-c3cccc(OCCCN4CCCCC4)c3)c3ncccc23)cc1. The molecule has 164 valence electrons. The third-order valence-electron chi connectivity index (χ3n) is 5.96. The number of pyridine rings is 1. The zero-order valence-electron chi connectivity index (χ0n) is 18.1. The van der Waals surface area contributed by atoms with Crippen molar-refractivity contribution in [3.05, 3.63) is 72.7 Å². The Morgan fingerprint density at radius 3 is 2.62 bits per heavy atom. The lowest BCUT2D eigenvalue weighted by Gasteiger charge is -2.26. The number of aromatic nitrogens is 3. The van der Waals surface area contributed by atoms with Crippen LogP contribution in [0.4, 0.5) is 4.39 Å². The molecule has 0 unspecified atom stereocenters. The van der Waals surface area contributed by atoms with Gasteiger partial charge in [-0.2, -0.15) is 5.10 Å². The first kappa shape index (κ1) is 20.6. The van der Waals surface area contributed by atoms with Crippen LogP contribution in [0.2, 0.25) is 0 Å². The quantitative estimate of drug-likeness (QED) is 0.364. The number of rotatable bonds is 7. The van der Waals surface area contributed by atoms with Crippen LogP contribution in [-0.4, -0.2) is 45.9 Å². The van der Waals surface area contributed by atoms with Crippen LogP contribution in [0.15, 0.2) is 66.9 Å². The van der Waals surface area contributed by atoms with Crippen molar-refractivity contribution in [3.63, 3.8) is 0 Å². The van der Waals surface area contributed by atoms with Crippen molar-refractivity contribution in [1.29, 1.82) is 0 Å². The van der Waals surface area contributed by atoms with Crippen LogP contribution in [0.5, 0.6) is 5.75 Å². The second-order valence-electron chi connectivity index (χ2n) is 8.24. The average Bonchev–Trinajstić information content (AvgIpc) is 3.23. The Bertz CT molecular complexity index is 1180. The number of likely N-dealkylation sites (tertiary alicyclic amines) is 1. The van der Waals surface area contributed by atoms with Gasteiger partial charge in [-0.25, -0.2) is 14.1 Å². The molecule has 1 saturated heterocycles. The molecule has 0 bridgehead atoms. The Hall–Kier alpha value is -3.25. The van der Waals surface area contributed by atoms with Crippen molar-refractivity contribution in [1.82, 2.24) is 19.7 Å². The monoisotopic (exact) mass is 430 g/mol. The van der Waals surface area contributed by atoms with E-state index in [4.69, 9.17) is 9.84 Å². The number of benzene rings is 2. The normalized spacial score (nSPS) is 14.7. The van der Waals surface area contributed by atoms with E-state index >= 15 is 0 Å². The summed E-state index contributed by atoms with van der Waals surface area (Å²) in [5.41, 5.74) is 3.28. The van der Waals surface area contributed by atoms with Gasteiger partial charge in [0.25, 0.3) is 0 Å². The molecule has 1 fully saturated rings. The van der Waals surface area contributed by atoms with Crippen molar-refractivity contribution < 1.29 is 9.13 Å². The van der Waals surface area contributed by atoms with Crippen molar-refractivity contribution in [2.45, 2.75) is 25.7 Å². The highest BCUT2D eigenvalue weighted by Crippen LogP contribution is 2.29. The van der Waals surface area contributed by atoms with Gasteiger partial charge in [-0.3, -0.25) is 0 Å². The van der Waals surface area contributed by atoms with Crippen LogP contribution in [0.1, 0.15) is 25.7 Å². The number of halogens is 1. The van der Waals surface area contributed by atoms with Gasteiger partial charge in [-0.15, -0.1) is 0 Å². The van der Waals surface area contributed by atoms with Gasteiger partial charge in [-0.05, 0) is 80.9 Å². The summed E-state index contributed by atoms with van der Waals surface area (Å²) >= 11 is 0. The van der Waals surface area contributed by atoms with Crippen molar-refractivity contribution >= 4 is 11.0 Å². The van der Waals surface area contributed by atoms with E-state index in [1.54, 1.807) is 18.3 Å². The summed E-state index contributed by atoms with van der Waals surface area (Å²) in [6, 6.07) is 18.2. The predicted molar refractivity (Wildman–Crippen MR) is 125 cm³/mol. The molecular weight excluding hydrogens is 403 g/mol. The summed E-state index contributed by atoms with van der Waals surface area (Å²) < 4.78 is 21.3. The van der Waals surface area contributed by atoms with E-state index in [0.29, 0.717) is 6.61 Å². The highest BCUT2D eigenvalue weighted by atomic mass is 19.1. The van der Waals surface area contributed by atoms with Crippen LogP contribution >= 0.6 is 0 Å². The van der Waals surface area contributed by atoms with Crippen molar-refractivity contribution in [2.24, 2.45) is 0 Å². The summed E-state index contributed by atoms with van der Waals surface area (Å²) in [6.07, 6.45) is 6.77. The molecule has 2 aromatic heterocycles. The number of hydrogen-bond donors (Lipinski definition) is 0. The van der Waals surface area contributed by atoms with Crippen LogP contribution in [0, 0.1) is 5.82 Å². The summed E-state index contributed by atoms with van der Waals surface area (Å²) in [7, 11) is 0. The summed E-state index contributed by atoms with van der Waals surface area (Å²) in [5, 5.41) is 5.75. The summed E-state index contributed by atoms with van der Waals surface area (Å²) in [4.78, 5) is 7.09. The van der Waals surface area contributed by atoms with E-state index in [-0.39, 0.29) is 5.82 Å². The highest BCUT2D eigenvalue weighted by molar-refractivity contribution is 5.92. The van der Waals surface area contributed by atoms with Crippen LogP contribution < -0.4 is 4.74 Å². The van der Waals surface area contributed by atoms with E-state index in [2.05, 4.69) is 9.88 Å². The van der Waals surface area contributed by atoms with Gasteiger partial charge < -0.3 is 9.64 Å². The van der Waals surface area contributed by atoms with Crippen molar-refractivity contribution in [3.8, 4) is 22.7 Å². The van der Waals surface area contributed by atoms with Crippen LogP contribution in [-0.2, 0) is 0 Å². The maximum absolute atomic E-state index is 13.4. The zero-order valence-corrected chi connectivity index (χ0v) is 18.1. The fourth-order valence-electron chi connectivity index (χ4n) is 4.32. The molecule has 1 aliphatic heterocycles. The fourth-order valence-corrected chi connectivity index (χ4v) is 4.32. The molecule has 0 amide bonds. The highest BCUT2D eigenvalue weighted by Gasteiger charge is 2.15. The molecule has 1 aliphatic rings. The lowest BCUT2D eigenvalue weighted by atomic mass is 10.1. The molecular formula is C26H27FN4O. The number of fused-ring (bicyclic) bond motifs is 1. The maximum atomic E-state index is 13.4. The molecule has 5 rings (SSSR count). The molecule has 0 saturated carbocycles. The first-order valence-electron chi connectivity index (χ1n) is 11.3. The molecule has 0 N–H and O–H groups in total. The molecule has 3 heterocycles. The Labute approximate surface area is 187 Å². The van der Waals surface area contributed by atoms with E-state index in [0.717, 1.165) is 46.7 Å². The molecule has 4 aromatic rings. The molecule has 5 nitrogen and oxygen atoms in total. The maximum Gasteiger partial charge on any atom is 0.163 e. The number of piperidine rings is 1. The molecule has 0 atom stereocenters. The minimum absolute atomic E-state index is 0.263. The molecule has 2 aromatic carbocycles. The first-order chi connectivity index (χ1) is 15.8. The van der Waals surface area contributed by atoms with Gasteiger partial charge in [0.15, 0.2) is 5.65 Å². The zero-order chi connectivity index (χ0) is 21.8. The Morgan fingerprint density at radius 2 is 1.78 bits per heavy atom. The minimum Gasteiger partial charge on any atom is -0.493 e. The Morgan fingerprint density at radius 1 is 0.938 bits per heavy atom. The van der Waals surface area contributed by atoms with Gasteiger partial charge in [0.1, 0.15) is 17.3 Å². The molecule has 0 radical (unpaired) electrons. The van der Waals surface area contributed by atoms with Crippen LogP contribution in [0.3, 0.4) is 0 Å². The first-order valence-corrected chi connectivity index (χ1v) is 11.3. The van der Waals surface area contributed by atoms with Gasteiger partial charge in [0.2, 0.25) is 0 Å². The number of hydrogen-bond acceptors (Lipinski definition) is 4. The number of ether oxygens (including phenoxy) is 1. The minimum atomic E-state index is -0.263. The molecule has 32 heavy (non-hydrogen) atoms. The topological polar surface area (TPSA) is 43.2 Å². The second kappa shape index (κ2) is 9.49. The van der Waals surface area contributed by atoms with E-state index in [9.17, 15) is 4.39 Å². The van der Waals surface area contributed by atoms with E-state index < -0.39 is 0 Å². The largest absolute Gasteiger partial charge is 0.493 e. The molecule has 6 heteroatoms. The van der Waals surface area contributed by atoms with Gasteiger partial charge in [0.05, 0.1) is 12.3 Å². The van der Waals surface area contributed by atoms with E-state index in [1.807, 2.05) is 41.1 Å².